The fourth-order valence-corrected chi connectivity index (χ4v) is 3.53. The molecule has 2 saturated heterocycles. The lowest BCUT2D eigenvalue weighted by molar-refractivity contribution is -0.137. The highest BCUT2D eigenvalue weighted by Gasteiger charge is 2.42. The standard InChI is InChI=1S/C22H23N5O4/c1-26-8-7-22(30,21(26)29)6-5-15-3-2-4-16(13-15)20-24-17(19(23)28)14-18(25-20)27-9-11-31-12-10-27/h2-4,13-14,30H,7-12H2,1H3,(H2,23,28)/t22-/m0/s1. The number of anilines is 1. The molecule has 1 aromatic carbocycles. The van der Waals surface area contributed by atoms with E-state index in [0.29, 0.717) is 55.6 Å². The van der Waals surface area contributed by atoms with E-state index in [1.165, 1.54) is 4.90 Å². The summed E-state index contributed by atoms with van der Waals surface area (Å²) >= 11 is 0. The number of benzene rings is 1. The molecule has 0 unspecified atom stereocenters. The van der Waals surface area contributed by atoms with Crippen molar-refractivity contribution in [2.45, 2.75) is 12.0 Å². The highest BCUT2D eigenvalue weighted by atomic mass is 16.5. The molecule has 0 saturated carbocycles. The number of carbonyl (C=O) groups is 2. The minimum atomic E-state index is -1.67. The third-order valence-electron chi connectivity index (χ3n) is 5.34. The number of primary amides is 1. The highest BCUT2D eigenvalue weighted by Crippen LogP contribution is 2.23. The van der Waals surface area contributed by atoms with Crippen LogP contribution in [0, 0.1) is 11.8 Å². The molecule has 2 aliphatic heterocycles. The molecule has 3 N–H and O–H groups in total. The molecule has 4 rings (SSSR count). The number of morpholine rings is 1. The quantitative estimate of drug-likeness (QED) is 0.670. The predicted octanol–water partition coefficient (Wildman–Crippen LogP) is 0.0238. The zero-order valence-corrected chi connectivity index (χ0v) is 17.2. The van der Waals surface area contributed by atoms with Crippen molar-refractivity contribution in [1.82, 2.24) is 14.9 Å². The van der Waals surface area contributed by atoms with Crippen molar-refractivity contribution >= 4 is 17.6 Å². The Hall–Kier alpha value is -3.48. The molecule has 0 aliphatic carbocycles. The van der Waals surface area contributed by atoms with Crippen molar-refractivity contribution in [3.63, 3.8) is 0 Å². The summed E-state index contributed by atoms with van der Waals surface area (Å²) < 4.78 is 5.38. The van der Waals surface area contributed by atoms with Crippen molar-refractivity contribution in [2.75, 3.05) is 44.8 Å². The summed E-state index contributed by atoms with van der Waals surface area (Å²) in [6, 6.07) is 8.68. The summed E-state index contributed by atoms with van der Waals surface area (Å²) in [5.74, 6) is 5.50. The van der Waals surface area contributed by atoms with Gasteiger partial charge in [0.2, 0.25) is 5.60 Å². The van der Waals surface area contributed by atoms with E-state index in [1.807, 2.05) is 4.90 Å². The molecule has 0 bridgehead atoms. The van der Waals surface area contributed by atoms with Gasteiger partial charge in [0.05, 0.1) is 13.2 Å². The van der Waals surface area contributed by atoms with Gasteiger partial charge in [-0.3, -0.25) is 9.59 Å². The van der Waals surface area contributed by atoms with Crippen LogP contribution < -0.4 is 10.6 Å². The van der Waals surface area contributed by atoms with Crippen molar-refractivity contribution < 1.29 is 19.4 Å². The van der Waals surface area contributed by atoms with Gasteiger partial charge in [0.25, 0.3) is 11.8 Å². The molecule has 31 heavy (non-hydrogen) atoms. The fraction of sp³-hybridized carbons (Fsp3) is 0.364. The van der Waals surface area contributed by atoms with E-state index in [-0.39, 0.29) is 12.1 Å². The Labute approximate surface area is 179 Å². The normalized spacial score (nSPS) is 21.0. The molecule has 2 aliphatic rings. The molecule has 160 valence electrons. The minimum Gasteiger partial charge on any atom is -0.378 e. The summed E-state index contributed by atoms with van der Waals surface area (Å²) in [7, 11) is 1.64. The lowest BCUT2D eigenvalue weighted by Gasteiger charge is -2.28. The van der Waals surface area contributed by atoms with Crippen LogP contribution in [0.15, 0.2) is 30.3 Å². The van der Waals surface area contributed by atoms with Gasteiger partial charge < -0.3 is 25.4 Å². The first-order chi connectivity index (χ1) is 14.9. The van der Waals surface area contributed by atoms with E-state index >= 15 is 0 Å². The summed E-state index contributed by atoms with van der Waals surface area (Å²) in [5.41, 5.74) is 5.18. The molecular formula is C22H23N5O4. The van der Waals surface area contributed by atoms with E-state index in [0.717, 1.165) is 0 Å². The van der Waals surface area contributed by atoms with Gasteiger partial charge in [-0.1, -0.05) is 24.0 Å². The van der Waals surface area contributed by atoms with Crippen LogP contribution >= 0.6 is 0 Å². The number of nitrogens with two attached hydrogens (primary N) is 1. The zero-order chi connectivity index (χ0) is 22.0. The number of amides is 2. The SMILES string of the molecule is CN1CC[C@@](O)(C#Cc2cccc(-c3nc(C(N)=O)cc(N4CCOCC4)n3)c2)C1=O. The van der Waals surface area contributed by atoms with Crippen molar-refractivity contribution in [2.24, 2.45) is 5.73 Å². The van der Waals surface area contributed by atoms with Crippen LogP contribution in [0.25, 0.3) is 11.4 Å². The first-order valence-corrected chi connectivity index (χ1v) is 9.99. The van der Waals surface area contributed by atoms with E-state index in [1.54, 1.807) is 37.4 Å². The zero-order valence-electron chi connectivity index (χ0n) is 17.2. The molecule has 2 aromatic rings. The first kappa shape index (κ1) is 20.8. The number of hydrogen-bond donors (Lipinski definition) is 2. The van der Waals surface area contributed by atoms with Crippen LogP contribution in [0.1, 0.15) is 22.5 Å². The topological polar surface area (TPSA) is 122 Å². The van der Waals surface area contributed by atoms with Gasteiger partial charge in [0.15, 0.2) is 5.82 Å². The average molecular weight is 421 g/mol. The number of carbonyl (C=O) groups excluding carboxylic acids is 2. The van der Waals surface area contributed by atoms with Crippen LogP contribution in [-0.2, 0) is 9.53 Å². The van der Waals surface area contributed by atoms with Gasteiger partial charge in [-0.05, 0) is 12.1 Å². The predicted molar refractivity (Wildman–Crippen MR) is 113 cm³/mol. The number of hydrogen-bond acceptors (Lipinski definition) is 7. The number of aromatic nitrogens is 2. The smallest absolute Gasteiger partial charge is 0.267 e. The second-order valence-electron chi connectivity index (χ2n) is 7.57. The lowest BCUT2D eigenvalue weighted by Crippen LogP contribution is -2.37. The van der Waals surface area contributed by atoms with Crippen LogP contribution in [-0.4, -0.2) is 77.3 Å². The third kappa shape index (κ3) is 4.35. The van der Waals surface area contributed by atoms with Gasteiger partial charge in [-0.15, -0.1) is 0 Å². The summed E-state index contributed by atoms with van der Waals surface area (Å²) in [6.07, 6.45) is 0.266. The van der Waals surface area contributed by atoms with Crippen LogP contribution in [0.5, 0.6) is 0 Å². The van der Waals surface area contributed by atoms with Crippen molar-refractivity contribution in [1.29, 1.82) is 0 Å². The number of rotatable bonds is 3. The maximum Gasteiger partial charge on any atom is 0.267 e. The molecule has 9 nitrogen and oxygen atoms in total. The molecule has 1 aromatic heterocycles. The molecule has 3 heterocycles. The largest absolute Gasteiger partial charge is 0.378 e. The lowest BCUT2D eigenvalue weighted by atomic mass is 10.0. The Morgan fingerprint density at radius 2 is 2.00 bits per heavy atom. The van der Waals surface area contributed by atoms with E-state index < -0.39 is 17.4 Å². The van der Waals surface area contributed by atoms with E-state index in [4.69, 9.17) is 10.5 Å². The monoisotopic (exact) mass is 421 g/mol. The maximum atomic E-state index is 12.1. The Balaban J connectivity index is 1.67. The van der Waals surface area contributed by atoms with E-state index in [9.17, 15) is 14.7 Å². The first-order valence-electron chi connectivity index (χ1n) is 9.99. The van der Waals surface area contributed by atoms with Gasteiger partial charge in [-0.25, -0.2) is 9.97 Å². The molecule has 0 spiro atoms. The Morgan fingerprint density at radius 1 is 1.23 bits per heavy atom. The third-order valence-corrected chi connectivity index (χ3v) is 5.34. The molecular weight excluding hydrogens is 398 g/mol. The van der Waals surface area contributed by atoms with Crippen LogP contribution in [0.2, 0.25) is 0 Å². The molecule has 2 amide bonds. The van der Waals surface area contributed by atoms with Gasteiger partial charge in [0.1, 0.15) is 11.5 Å². The van der Waals surface area contributed by atoms with Gasteiger partial charge >= 0.3 is 0 Å². The molecule has 2 fully saturated rings. The van der Waals surface area contributed by atoms with Gasteiger partial charge in [0, 0.05) is 50.3 Å². The fourth-order valence-electron chi connectivity index (χ4n) is 3.53. The second kappa shape index (κ2) is 8.34. The Kier molecular flexibility index (Phi) is 5.59. The van der Waals surface area contributed by atoms with Crippen LogP contribution in [0.3, 0.4) is 0 Å². The Morgan fingerprint density at radius 3 is 2.68 bits per heavy atom. The number of likely N-dealkylation sites (N-methyl/N-ethyl adjacent to an activating group) is 1. The highest BCUT2D eigenvalue weighted by molar-refractivity contribution is 5.92. The number of nitrogens with zero attached hydrogens (tertiary/aromatic N) is 4. The summed E-state index contributed by atoms with van der Waals surface area (Å²) in [5, 5.41) is 10.5. The molecule has 9 heteroatoms. The van der Waals surface area contributed by atoms with Crippen molar-refractivity contribution in [3.8, 4) is 23.2 Å². The van der Waals surface area contributed by atoms with E-state index in [2.05, 4.69) is 21.8 Å². The van der Waals surface area contributed by atoms with Crippen LogP contribution in [0.4, 0.5) is 5.82 Å². The Bertz CT molecular complexity index is 1090. The average Bonchev–Trinajstić information content (AvgIpc) is 3.06. The van der Waals surface area contributed by atoms with Gasteiger partial charge in [-0.2, -0.15) is 0 Å². The summed E-state index contributed by atoms with van der Waals surface area (Å²) in [4.78, 5) is 36.4. The summed E-state index contributed by atoms with van der Waals surface area (Å²) in [6.45, 7) is 2.92. The second-order valence-corrected chi connectivity index (χ2v) is 7.57. The minimum absolute atomic E-state index is 0.122. The number of likely N-dealkylation sites (tertiary alicyclic amines) is 1. The molecule has 1 atom stereocenters. The number of aliphatic hydroxyl groups is 1. The number of ether oxygens (including phenoxy) is 1. The molecule has 0 radical (unpaired) electrons. The maximum absolute atomic E-state index is 12.1. The van der Waals surface area contributed by atoms with Crippen molar-refractivity contribution in [3.05, 3.63) is 41.6 Å².